The summed E-state index contributed by atoms with van der Waals surface area (Å²) in [5.41, 5.74) is 6.80. The highest BCUT2D eigenvalue weighted by molar-refractivity contribution is 9.10. The Bertz CT molecular complexity index is 615. The van der Waals surface area contributed by atoms with Crippen LogP contribution in [0.2, 0.25) is 5.02 Å². The van der Waals surface area contributed by atoms with Gasteiger partial charge in [-0.05, 0) is 33.6 Å². The Morgan fingerprint density at radius 3 is 3.00 bits per heavy atom. The molecule has 0 spiro atoms. The molecule has 1 aromatic carbocycles. The molecule has 1 aliphatic rings. The van der Waals surface area contributed by atoms with Gasteiger partial charge in [0, 0.05) is 0 Å². The Balaban J connectivity index is 1.94. The summed E-state index contributed by atoms with van der Waals surface area (Å²) >= 11 is 9.30. The molecule has 0 amide bonds. The van der Waals surface area contributed by atoms with Gasteiger partial charge in [-0.1, -0.05) is 11.6 Å². The first-order chi connectivity index (χ1) is 8.65. The highest BCUT2D eigenvalue weighted by Gasteiger charge is 2.18. The minimum atomic E-state index is 0.243. The molecule has 2 heterocycles. The number of ether oxygens (including phenoxy) is 2. The Hall–Kier alpha value is -1.40. The standard InChI is InChI=1S/C11H9BrClN3O2/c12-7-1-6(2-9-10(7)18-5-17-9)4-16-11(14)8(13)3-15-16/h1-3H,4-5,14H2. The van der Waals surface area contributed by atoms with Crippen LogP contribution in [0, 0.1) is 0 Å². The Kier molecular flexibility index (Phi) is 2.83. The van der Waals surface area contributed by atoms with E-state index in [1.165, 1.54) is 6.20 Å². The maximum absolute atomic E-state index is 5.86. The number of hydrogen-bond donors (Lipinski definition) is 1. The van der Waals surface area contributed by atoms with Crippen molar-refractivity contribution in [3.63, 3.8) is 0 Å². The third-order valence-electron chi connectivity index (χ3n) is 2.65. The van der Waals surface area contributed by atoms with Gasteiger partial charge in [0.05, 0.1) is 17.2 Å². The van der Waals surface area contributed by atoms with Crippen LogP contribution in [0.4, 0.5) is 5.82 Å². The molecule has 0 saturated heterocycles. The van der Waals surface area contributed by atoms with Crippen molar-refractivity contribution in [2.75, 3.05) is 12.5 Å². The number of benzene rings is 1. The number of anilines is 1. The molecule has 1 aliphatic heterocycles. The van der Waals surface area contributed by atoms with Crippen molar-refractivity contribution < 1.29 is 9.47 Å². The van der Waals surface area contributed by atoms with E-state index >= 15 is 0 Å². The topological polar surface area (TPSA) is 62.3 Å². The van der Waals surface area contributed by atoms with Gasteiger partial charge in [-0.3, -0.25) is 0 Å². The zero-order valence-electron chi connectivity index (χ0n) is 9.19. The fourth-order valence-corrected chi connectivity index (χ4v) is 2.53. The minimum Gasteiger partial charge on any atom is -0.454 e. The van der Waals surface area contributed by atoms with Crippen LogP contribution < -0.4 is 15.2 Å². The van der Waals surface area contributed by atoms with Crippen molar-refractivity contribution in [2.45, 2.75) is 6.54 Å². The van der Waals surface area contributed by atoms with E-state index in [0.29, 0.717) is 17.4 Å². The summed E-state index contributed by atoms with van der Waals surface area (Å²) in [4.78, 5) is 0. The second kappa shape index (κ2) is 4.37. The summed E-state index contributed by atoms with van der Waals surface area (Å²) in [5.74, 6) is 1.90. The number of rotatable bonds is 2. The predicted octanol–water partition coefficient (Wildman–Crippen LogP) is 2.66. The number of nitrogen functional groups attached to an aromatic ring is 1. The van der Waals surface area contributed by atoms with E-state index in [2.05, 4.69) is 21.0 Å². The molecule has 2 aromatic rings. The molecule has 7 heteroatoms. The highest BCUT2D eigenvalue weighted by atomic mass is 79.9. The number of fused-ring (bicyclic) bond motifs is 1. The van der Waals surface area contributed by atoms with Gasteiger partial charge in [-0.15, -0.1) is 0 Å². The largest absolute Gasteiger partial charge is 0.454 e. The van der Waals surface area contributed by atoms with E-state index in [0.717, 1.165) is 21.5 Å². The molecule has 5 nitrogen and oxygen atoms in total. The molecule has 0 bridgehead atoms. The predicted molar refractivity (Wildman–Crippen MR) is 71.0 cm³/mol. The monoisotopic (exact) mass is 329 g/mol. The summed E-state index contributed by atoms with van der Waals surface area (Å²) in [5, 5.41) is 4.56. The molecule has 0 saturated carbocycles. The fourth-order valence-electron chi connectivity index (χ4n) is 1.78. The van der Waals surface area contributed by atoms with Crippen LogP contribution in [0.5, 0.6) is 11.5 Å². The summed E-state index contributed by atoms with van der Waals surface area (Å²) in [6, 6.07) is 3.85. The van der Waals surface area contributed by atoms with E-state index < -0.39 is 0 Å². The van der Waals surface area contributed by atoms with Gasteiger partial charge in [0.25, 0.3) is 0 Å². The average molecular weight is 331 g/mol. The normalized spacial score (nSPS) is 13.0. The van der Waals surface area contributed by atoms with Crippen molar-refractivity contribution in [1.29, 1.82) is 0 Å². The van der Waals surface area contributed by atoms with Crippen molar-refractivity contribution in [1.82, 2.24) is 9.78 Å². The van der Waals surface area contributed by atoms with E-state index in [9.17, 15) is 0 Å². The van der Waals surface area contributed by atoms with Crippen LogP contribution in [0.25, 0.3) is 0 Å². The number of nitrogens with two attached hydrogens (primary N) is 1. The first-order valence-electron chi connectivity index (χ1n) is 5.20. The summed E-state index contributed by atoms with van der Waals surface area (Å²) in [6.45, 7) is 0.765. The summed E-state index contributed by atoms with van der Waals surface area (Å²) in [6.07, 6.45) is 1.53. The Morgan fingerprint density at radius 2 is 2.28 bits per heavy atom. The summed E-state index contributed by atoms with van der Waals surface area (Å²) in [7, 11) is 0. The molecule has 94 valence electrons. The smallest absolute Gasteiger partial charge is 0.231 e. The lowest BCUT2D eigenvalue weighted by Gasteiger charge is -2.07. The van der Waals surface area contributed by atoms with Gasteiger partial charge in [0.2, 0.25) is 6.79 Å². The quantitative estimate of drug-likeness (QED) is 0.919. The lowest BCUT2D eigenvalue weighted by atomic mass is 10.2. The molecule has 0 atom stereocenters. The van der Waals surface area contributed by atoms with Crippen LogP contribution >= 0.6 is 27.5 Å². The number of hydrogen-bond acceptors (Lipinski definition) is 4. The van der Waals surface area contributed by atoms with Crippen molar-refractivity contribution in [2.24, 2.45) is 0 Å². The molecule has 0 radical (unpaired) electrons. The molecular formula is C11H9BrClN3O2. The third-order valence-corrected chi connectivity index (χ3v) is 3.53. The number of halogens is 2. The van der Waals surface area contributed by atoms with Crippen LogP contribution in [0.3, 0.4) is 0 Å². The number of nitrogens with zero attached hydrogens (tertiary/aromatic N) is 2. The molecule has 18 heavy (non-hydrogen) atoms. The van der Waals surface area contributed by atoms with Crippen LogP contribution in [-0.2, 0) is 6.54 Å². The third kappa shape index (κ3) is 1.91. The van der Waals surface area contributed by atoms with Gasteiger partial charge < -0.3 is 15.2 Å². The molecule has 0 unspecified atom stereocenters. The average Bonchev–Trinajstić information content (AvgIpc) is 2.91. The number of aromatic nitrogens is 2. The lowest BCUT2D eigenvalue weighted by molar-refractivity contribution is 0.173. The second-order valence-electron chi connectivity index (χ2n) is 3.85. The van der Waals surface area contributed by atoms with Gasteiger partial charge in [-0.25, -0.2) is 4.68 Å². The molecule has 3 rings (SSSR count). The molecule has 1 aromatic heterocycles. The van der Waals surface area contributed by atoms with Gasteiger partial charge in [0.15, 0.2) is 11.5 Å². The Labute approximate surface area is 117 Å². The maximum atomic E-state index is 5.86. The van der Waals surface area contributed by atoms with Crippen molar-refractivity contribution in [3.8, 4) is 11.5 Å². The van der Waals surface area contributed by atoms with Crippen LogP contribution in [-0.4, -0.2) is 16.6 Å². The second-order valence-corrected chi connectivity index (χ2v) is 5.11. The first-order valence-corrected chi connectivity index (χ1v) is 6.37. The van der Waals surface area contributed by atoms with E-state index in [1.807, 2.05) is 12.1 Å². The minimum absolute atomic E-state index is 0.243. The molecule has 0 fully saturated rings. The van der Waals surface area contributed by atoms with Crippen LogP contribution in [0.1, 0.15) is 5.56 Å². The fraction of sp³-hybridized carbons (Fsp3) is 0.182. The van der Waals surface area contributed by atoms with Gasteiger partial charge in [-0.2, -0.15) is 5.10 Å². The highest BCUT2D eigenvalue weighted by Crippen LogP contribution is 2.40. The molecular weight excluding hydrogens is 321 g/mol. The maximum Gasteiger partial charge on any atom is 0.231 e. The van der Waals surface area contributed by atoms with Crippen LogP contribution in [0.15, 0.2) is 22.8 Å². The van der Waals surface area contributed by atoms with E-state index in [-0.39, 0.29) is 6.79 Å². The van der Waals surface area contributed by atoms with Crippen molar-refractivity contribution in [3.05, 3.63) is 33.4 Å². The SMILES string of the molecule is Nc1c(Cl)cnn1Cc1cc(Br)c2c(c1)OCO2. The molecule has 2 N–H and O–H groups in total. The zero-order chi connectivity index (χ0) is 12.7. The Morgan fingerprint density at radius 1 is 1.44 bits per heavy atom. The van der Waals surface area contributed by atoms with E-state index in [4.69, 9.17) is 26.8 Å². The zero-order valence-corrected chi connectivity index (χ0v) is 11.5. The lowest BCUT2D eigenvalue weighted by Crippen LogP contribution is -2.05. The van der Waals surface area contributed by atoms with Gasteiger partial charge in [0.1, 0.15) is 10.8 Å². The van der Waals surface area contributed by atoms with Gasteiger partial charge >= 0.3 is 0 Å². The van der Waals surface area contributed by atoms with Crippen molar-refractivity contribution >= 4 is 33.3 Å². The van der Waals surface area contributed by atoms with E-state index in [1.54, 1.807) is 4.68 Å². The summed E-state index contributed by atoms with van der Waals surface area (Å²) < 4.78 is 13.2. The first kappa shape index (κ1) is 11.7. The molecule has 0 aliphatic carbocycles.